The van der Waals surface area contributed by atoms with Gasteiger partial charge in [0.25, 0.3) is 5.91 Å². The summed E-state index contributed by atoms with van der Waals surface area (Å²) in [7, 11) is 0. The Kier molecular flexibility index (Phi) is 4.88. The van der Waals surface area contributed by atoms with Crippen molar-refractivity contribution >= 4 is 5.91 Å². The fraction of sp³-hybridized carbons (Fsp3) is 0.417. The van der Waals surface area contributed by atoms with Crippen LogP contribution in [-0.4, -0.2) is 35.6 Å². The lowest BCUT2D eigenvalue weighted by molar-refractivity contribution is -0.0499. The summed E-state index contributed by atoms with van der Waals surface area (Å²) in [6.45, 7) is 1.61. The van der Waals surface area contributed by atoms with Crippen molar-refractivity contribution in [3.05, 3.63) is 23.8 Å². The molecule has 0 aromatic heterocycles. The van der Waals surface area contributed by atoms with Gasteiger partial charge in [0, 0.05) is 24.7 Å². The van der Waals surface area contributed by atoms with Crippen LogP contribution in [0.1, 0.15) is 24.2 Å². The Balaban J connectivity index is 3.01. The van der Waals surface area contributed by atoms with Gasteiger partial charge in [0.2, 0.25) is 0 Å². The summed E-state index contributed by atoms with van der Waals surface area (Å²) in [5, 5.41) is 9.39. The number of halogens is 2. The van der Waals surface area contributed by atoms with Gasteiger partial charge in [0.1, 0.15) is 11.5 Å². The minimum absolute atomic E-state index is 0.120. The van der Waals surface area contributed by atoms with E-state index < -0.39 is 6.61 Å². The molecule has 0 aliphatic carbocycles. The maximum absolute atomic E-state index is 12.1. The predicted molar refractivity (Wildman–Crippen MR) is 62.0 cm³/mol. The fourth-order valence-electron chi connectivity index (χ4n) is 1.57. The molecule has 0 saturated heterocycles. The van der Waals surface area contributed by atoms with Crippen molar-refractivity contribution in [2.75, 3.05) is 13.1 Å². The van der Waals surface area contributed by atoms with Gasteiger partial charge in [0.05, 0.1) is 0 Å². The SMILES string of the molecule is CCN(CC)C(=O)c1cc(O)cc(OC(F)F)c1. The molecule has 0 heterocycles. The fourth-order valence-corrected chi connectivity index (χ4v) is 1.57. The van der Waals surface area contributed by atoms with Crippen molar-refractivity contribution in [1.82, 2.24) is 4.90 Å². The summed E-state index contributed by atoms with van der Waals surface area (Å²) in [6.07, 6.45) is 0. The zero-order valence-corrected chi connectivity index (χ0v) is 10.2. The number of phenolic OH excluding ortho intramolecular Hbond substituents is 1. The molecule has 1 N–H and O–H groups in total. The van der Waals surface area contributed by atoms with Crippen molar-refractivity contribution in [2.45, 2.75) is 20.5 Å². The highest BCUT2D eigenvalue weighted by molar-refractivity contribution is 5.95. The molecule has 100 valence electrons. The minimum atomic E-state index is -3.00. The lowest BCUT2D eigenvalue weighted by Crippen LogP contribution is -2.30. The number of benzene rings is 1. The molecule has 0 bridgehead atoms. The third-order valence-corrected chi connectivity index (χ3v) is 2.41. The number of aromatic hydroxyl groups is 1. The molecule has 0 spiro atoms. The number of phenols is 1. The smallest absolute Gasteiger partial charge is 0.387 e. The van der Waals surface area contributed by atoms with E-state index in [1.165, 1.54) is 17.0 Å². The first-order valence-corrected chi connectivity index (χ1v) is 5.56. The third-order valence-electron chi connectivity index (χ3n) is 2.41. The first kappa shape index (κ1) is 14.2. The van der Waals surface area contributed by atoms with Crippen LogP contribution in [0.25, 0.3) is 0 Å². The topological polar surface area (TPSA) is 49.8 Å². The molecular weight excluding hydrogens is 244 g/mol. The molecule has 0 aliphatic rings. The van der Waals surface area contributed by atoms with Crippen LogP contribution in [0, 0.1) is 0 Å². The van der Waals surface area contributed by atoms with Gasteiger partial charge < -0.3 is 14.7 Å². The van der Waals surface area contributed by atoms with Gasteiger partial charge in [-0.15, -0.1) is 0 Å². The molecule has 1 aromatic carbocycles. The lowest BCUT2D eigenvalue weighted by Gasteiger charge is -2.19. The third kappa shape index (κ3) is 3.58. The Hall–Kier alpha value is -1.85. The average Bonchev–Trinajstić information content (AvgIpc) is 2.28. The van der Waals surface area contributed by atoms with Crippen LogP contribution >= 0.6 is 0 Å². The number of hydrogen-bond donors (Lipinski definition) is 1. The maximum atomic E-state index is 12.1. The van der Waals surface area contributed by atoms with Gasteiger partial charge in [-0.2, -0.15) is 8.78 Å². The van der Waals surface area contributed by atoms with Crippen LogP contribution in [0.4, 0.5) is 8.78 Å². The first-order chi connectivity index (χ1) is 8.47. The van der Waals surface area contributed by atoms with Crippen LogP contribution in [-0.2, 0) is 0 Å². The summed E-state index contributed by atoms with van der Waals surface area (Å²) in [5.74, 6) is -0.862. The van der Waals surface area contributed by atoms with Crippen molar-refractivity contribution in [2.24, 2.45) is 0 Å². The first-order valence-electron chi connectivity index (χ1n) is 5.56. The molecule has 1 aromatic rings. The van der Waals surface area contributed by atoms with Crippen molar-refractivity contribution in [1.29, 1.82) is 0 Å². The summed E-state index contributed by atoms with van der Waals surface area (Å²) in [6, 6.07) is 3.44. The molecule has 0 saturated carbocycles. The molecule has 0 radical (unpaired) electrons. The number of carbonyl (C=O) groups excluding carboxylic acids is 1. The molecule has 18 heavy (non-hydrogen) atoms. The number of carbonyl (C=O) groups is 1. The molecule has 1 amide bonds. The van der Waals surface area contributed by atoms with Crippen molar-refractivity contribution < 1.29 is 23.4 Å². The molecule has 6 heteroatoms. The quantitative estimate of drug-likeness (QED) is 0.883. The predicted octanol–water partition coefficient (Wildman–Crippen LogP) is 2.48. The van der Waals surface area contributed by atoms with Gasteiger partial charge in [0.15, 0.2) is 0 Å². The van der Waals surface area contributed by atoms with Gasteiger partial charge in [-0.05, 0) is 26.0 Å². The lowest BCUT2D eigenvalue weighted by atomic mass is 10.1. The number of ether oxygens (including phenoxy) is 1. The summed E-state index contributed by atoms with van der Waals surface area (Å²) in [5.41, 5.74) is 0.120. The molecule has 0 fully saturated rings. The van der Waals surface area contributed by atoms with Crippen LogP contribution < -0.4 is 4.74 Å². The Morgan fingerprint density at radius 3 is 2.44 bits per heavy atom. The number of nitrogens with zero attached hydrogens (tertiary/aromatic N) is 1. The Labute approximate surface area is 104 Å². The van der Waals surface area contributed by atoms with E-state index in [-0.39, 0.29) is 23.0 Å². The van der Waals surface area contributed by atoms with E-state index in [1.807, 2.05) is 0 Å². The second kappa shape index (κ2) is 6.18. The highest BCUT2D eigenvalue weighted by atomic mass is 19.3. The Morgan fingerprint density at radius 1 is 1.33 bits per heavy atom. The van der Waals surface area contributed by atoms with E-state index in [0.29, 0.717) is 13.1 Å². The van der Waals surface area contributed by atoms with Crippen molar-refractivity contribution in [3.8, 4) is 11.5 Å². The van der Waals surface area contributed by atoms with E-state index in [0.717, 1.165) is 6.07 Å². The molecule has 0 aliphatic heterocycles. The van der Waals surface area contributed by atoms with Crippen molar-refractivity contribution in [3.63, 3.8) is 0 Å². The standard InChI is InChI=1S/C12H15F2NO3/c1-3-15(4-2)11(17)8-5-9(16)7-10(6-8)18-12(13)14/h5-7,12,16H,3-4H2,1-2H3. The van der Waals surface area contributed by atoms with E-state index >= 15 is 0 Å². The van der Waals surface area contributed by atoms with Crippen LogP contribution in [0.3, 0.4) is 0 Å². The maximum Gasteiger partial charge on any atom is 0.387 e. The van der Waals surface area contributed by atoms with E-state index in [4.69, 9.17) is 0 Å². The Morgan fingerprint density at radius 2 is 1.94 bits per heavy atom. The van der Waals surface area contributed by atoms with Crippen LogP contribution in [0.5, 0.6) is 11.5 Å². The summed E-state index contributed by atoms with van der Waals surface area (Å²) in [4.78, 5) is 13.5. The minimum Gasteiger partial charge on any atom is -0.508 e. The van der Waals surface area contributed by atoms with Gasteiger partial charge in [-0.3, -0.25) is 4.79 Å². The van der Waals surface area contributed by atoms with Gasteiger partial charge in [-0.1, -0.05) is 0 Å². The zero-order valence-electron chi connectivity index (χ0n) is 10.2. The van der Waals surface area contributed by atoms with Crippen LogP contribution in [0.2, 0.25) is 0 Å². The number of rotatable bonds is 5. The monoisotopic (exact) mass is 259 g/mol. The second-order valence-corrected chi connectivity index (χ2v) is 3.57. The summed E-state index contributed by atoms with van der Waals surface area (Å²) < 4.78 is 28.3. The number of hydrogen-bond acceptors (Lipinski definition) is 3. The highest BCUT2D eigenvalue weighted by Gasteiger charge is 2.15. The number of amides is 1. The van der Waals surface area contributed by atoms with E-state index in [1.54, 1.807) is 13.8 Å². The largest absolute Gasteiger partial charge is 0.508 e. The van der Waals surface area contributed by atoms with Gasteiger partial charge >= 0.3 is 6.61 Å². The van der Waals surface area contributed by atoms with E-state index in [2.05, 4.69) is 4.74 Å². The molecule has 0 unspecified atom stereocenters. The average molecular weight is 259 g/mol. The molecule has 1 rings (SSSR count). The normalized spacial score (nSPS) is 10.5. The van der Waals surface area contributed by atoms with E-state index in [9.17, 15) is 18.7 Å². The molecular formula is C12H15F2NO3. The highest BCUT2D eigenvalue weighted by Crippen LogP contribution is 2.24. The molecule has 0 atom stereocenters. The second-order valence-electron chi connectivity index (χ2n) is 3.57. The zero-order chi connectivity index (χ0) is 13.7. The van der Waals surface area contributed by atoms with Gasteiger partial charge in [-0.25, -0.2) is 0 Å². The molecule has 4 nitrogen and oxygen atoms in total. The number of alkyl halides is 2. The van der Waals surface area contributed by atoms with Crippen LogP contribution in [0.15, 0.2) is 18.2 Å². The summed E-state index contributed by atoms with van der Waals surface area (Å²) >= 11 is 0. The Bertz CT molecular complexity index is 420.